The van der Waals surface area contributed by atoms with Crippen molar-refractivity contribution >= 4 is 32.3 Å². The van der Waals surface area contributed by atoms with Crippen LogP contribution in [0.3, 0.4) is 0 Å². The van der Waals surface area contributed by atoms with E-state index in [2.05, 4.69) is 157 Å². The molecule has 7 aromatic rings. The first-order valence-electron chi connectivity index (χ1n) is 16.3. The molecule has 0 aliphatic heterocycles. The maximum atomic E-state index is 4.82. The summed E-state index contributed by atoms with van der Waals surface area (Å²) in [6.07, 6.45) is 1.94. The van der Waals surface area contributed by atoms with Gasteiger partial charge in [0.1, 0.15) is 0 Å². The number of nitrogens with zero attached hydrogens (tertiary/aromatic N) is 2. The molecule has 7 rings (SSSR count). The molecule has 0 saturated heterocycles. The van der Waals surface area contributed by atoms with Gasteiger partial charge < -0.3 is 9.97 Å². The van der Waals surface area contributed by atoms with Gasteiger partial charge in [-0.1, -0.05) is 102 Å². The molecule has 0 aliphatic carbocycles. The normalized spacial score (nSPS) is 11.2. The molecule has 0 bridgehead atoms. The molecule has 239 valence electrons. The second kappa shape index (κ2) is 14.3. The van der Waals surface area contributed by atoms with Crippen LogP contribution in [0.25, 0.3) is 54.8 Å². The van der Waals surface area contributed by atoms with E-state index in [1.54, 1.807) is 0 Å². The van der Waals surface area contributed by atoms with Gasteiger partial charge in [0, 0.05) is 32.0 Å². The molecular formula is C44H42IrN2-2. The van der Waals surface area contributed by atoms with Gasteiger partial charge in [-0.2, -0.15) is 0 Å². The van der Waals surface area contributed by atoms with Gasteiger partial charge in [-0.05, 0) is 81.5 Å². The minimum absolute atomic E-state index is 0. The van der Waals surface area contributed by atoms with Crippen molar-refractivity contribution in [2.75, 3.05) is 0 Å². The van der Waals surface area contributed by atoms with Gasteiger partial charge in [0.05, 0.1) is 0 Å². The minimum Gasteiger partial charge on any atom is -0.304 e. The first-order chi connectivity index (χ1) is 22.1. The van der Waals surface area contributed by atoms with Crippen LogP contribution in [0.2, 0.25) is 0 Å². The molecule has 5 aromatic carbocycles. The van der Waals surface area contributed by atoms with Crippen LogP contribution in [0.15, 0.2) is 97.2 Å². The Morgan fingerprint density at radius 2 is 1.26 bits per heavy atom. The Bertz CT molecular complexity index is 2090. The molecular weight excluding hydrogens is 749 g/mol. The molecule has 0 atom stereocenters. The summed E-state index contributed by atoms with van der Waals surface area (Å²) in [6.45, 7) is 17.3. The summed E-state index contributed by atoms with van der Waals surface area (Å²) in [6, 6.07) is 39.7. The van der Waals surface area contributed by atoms with Crippen LogP contribution >= 0.6 is 0 Å². The van der Waals surface area contributed by atoms with Crippen LogP contribution in [0.4, 0.5) is 0 Å². The summed E-state index contributed by atoms with van der Waals surface area (Å²) in [5.41, 5.74) is 11.5. The minimum atomic E-state index is 0. The van der Waals surface area contributed by atoms with Gasteiger partial charge >= 0.3 is 0 Å². The number of rotatable bonds is 4. The average molecular weight is 791 g/mol. The summed E-state index contributed by atoms with van der Waals surface area (Å²) >= 11 is 0. The van der Waals surface area contributed by atoms with Crippen LogP contribution in [0.5, 0.6) is 0 Å². The van der Waals surface area contributed by atoms with E-state index < -0.39 is 0 Å². The zero-order valence-corrected chi connectivity index (χ0v) is 31.0. The fourth-order valence-electron chi connectivity index (χ4n) is 6.37. The molecule has 0 unspecified atom stereocenters. The van der Waals surface area contributed by atoms with Gasteiger partial charge in [0.15, 0.2) is 0 Å². The van der Waals surface area contributed by atoms with E-state index in [9.17, 15) is 0 Å². The molecule has 2 heterocycles. The van der Waals surface area contributed by atoms with Crippen LogP contribution in [0, 0.1) is 39.8 Å². The van der Waals surface area contributed by atoms with Gasteiger partial charge in [0.2, 0.25) is 0 Å². The molecule has 1 radical (unpaired) electrons. The Kier molecular flexibility index (Phi) is 10.4. The molecule has 0 amide bonds. The van der Waals surface area contributed by atoms with E-state index in [0.717, 1.165) is 33.8 Å². The number of hydrogen-bond donors (Lipinski definition) is 0. The van der Waals surface area contributed by atoms with Crippen molar-refractivity contribution in [1.29, 1.82) is 0 Å². The van der Waals surface area contributed by atoms with E-state index in [1.165, 1.54) is 54.6 Å². The topological polar surface area (TPSA) is 25.8 Å². The Morgan fingerprint density at radius 3 is 1.98 bits per heavy atom. The Balaban J connectivity index is 0.000000217. The van der Waals surface area contributed by atoms with Gasteiger partial charge in [-0.25, -0.2) is 0 Å². The summed E-state index contributed by atoms with van der Waals surface area (Å²) in [7, 11) is 0. The first-order valence-corrected chi connectivity index (χ1v) is 16.3. The summed E-state index contributed by atoms with van der Waals surface area (Å²) in [5, 5.41) is 7.58. The number of pyridine rings is 2. The monoisotopic (exact) mass is 791 g/mol. The number of aryl methyl sites for hydroxylation is 4. The fourth-order valence-corrected chi connectivity index (χ4v) is 6.37. The summed E-state index contributed by atoms with van der Waals surface area (Å²) < 4.78 is 0. The second-order valence-electron chi connectivity index (χ2n) is 13.2. The molecule has 0 spiro atoms. The standard InChI is InChI=1S/C29H26N.C15H16N.Ir/c1-18(2)21-15-22(19(3)4)17-23(16-21)29-28-12-11-25-24-8-6-5-7-20(24)9-10-26(25)27(28)13-14-30-29;1-10-5-11(2)8-14(7-10)15-9-12(3)6-13(4)16-15;/h5-16,18-19H,1-4H3;5-7,9H,1-4H3;/q2*-1;. The van der Waals surface area contributed by atoms with Crippen molar-refractivity contribution in [2.45, 2.75) is 67.2 Å². The number of benzene rings is 5. The fraction of sp³-hybridized carbons (Fsp3) is 0.227. The quantitative estimate of drug-likeness (QED) is 0.131. The third kappa shape index (κ3) is 7.38. The van der Waals surface area contributed by atoms with Crippen molar-refractivity contribution in [3.8, 4) is 22.5 Å². The van der Waals surface area contributed by atoms with Crippen LogP contribution < -0.4 is 0 Å². The van der Waals surface area contributed by atoms with E-state index in [4.69, 9.17) is 4.98 Å². The molecule has 47 heavy (non-hydrogen) atoms. The van der Waals surface area contributed by atoms with E-state index >= 15 is 0 Å². The van der Waals surface area contributed by atoms with Crippen molar-refractivity contribution in [3.05, 3.63) is 143 Å². The molecule has 0 fully saturated rings. The van der Waals surface area contributed by atoms with Crippen LogP contribution in [-0.4, -0.2) is 9.97 Å². The Labute approximate surface area is 293 Å². The van der Waals surface area contributed by atoms with Crippen molar-refractivity contribution in [3.63, 3.8) is 0 Å². The third-order valence-corrected chi connectivity index (χ3v) is 8.65. The molecule has 0 saturated carbocycles. The number of fused-ring (bicyclic) bond motifs is 5. The maximum absolute atomic E-state index is 4.82. The van der Waals surface area contributed by atoms with Gasteiger partial charge in [-0.15, -0.1) is 69.8 Å². The predicted octanol–water partition coefficient (Wildman–Crippen LogP) is 12.0. The third-order valence-electron chi connectivity index (χ3n) is 8.65. The van der Waals surface area contributed by atoms with Gasteiger partial charge in [0.25, 0.3) is 0 Å². The van der Waals surface area contributed by atoms with Crippen LogP contribution in [0.1, 0.15) is 73.0 Å². The second-order valence-corrected chi connectivity index (χ2v) is 13.2. The number of hydrogen-bond acceptors (Lipinski definition) is 2. The van der Waals surface area contributed by atoms with Crippen molar-refractivity contribution < 1.29 is 20.1 Å². The predicted molar refractivity (Wildman–Crippen MR) is 197 cm³/mol. The summed E-state index contributed by atoms with van der Waals surface area (Å²) in [4.78, 5) is 9.37. The zero-order chi connectivity index (χ0) is 32.5. The van der Waals surface area contributed by atoms with Gasteiger partial charge in [-0.3, -0.25) is 0 Å². The van der Waals surface area contributed by atoms with E-state index in [-0.39, 0.29) is 20.1 Å². The average Bonchev–Trinajstić information content (AvgIpc) is 3.03. The molecule has 0 N–H and O–H groups in total. The smallest absolute Gasteiger partial charge is 0.0268 e. The Hall–Kier alpha value is -4.17. The zero-order valence-electron chi connectivity index (χ0n) is 28.6. The van der Waals surface area contributed by atoms with E-state index in [1.807, 2.05) is 13.1 Å². The summed E-state index contributed by atoms with van der Waals surface area (Å²) in [5.74, 6) is 0.905. The maximum Gasteiger partial charge on any atom is 0.0268 e. The SMILES string of the molecule is CC(C)c1[c-]c(-c2nccc3c2ccc2c4ccccc4ccc32)cc(C(C)C)c1.Cc1[c-]c(-c2cc(C)cc(C)n2)cc(C)c1.[Ir]. The van der Waals surface area contributed by atoms with E-state index in [0.29, 0.717) is 11.8 Å². The number of aromatic nitrogens is 2. The molecule has 3 heteroatoms. The van der Waals surface area contributed by atoms with Crippen molar-refractivity contribution in [1.82, 2.24) is 9.97 Å². The Morgan fingerprint density at radius 1 is 0.574 bits per heavy atom. The molecule has 2 aromatic heterocycles. The first kappa shape index (κ1) is 34.2. The van der Waals surface area contributed by atoms with Crippen molar-refractivity contribution in [2.24, 2.45) is 0 Å². The largest absolute Gasteiger partial charge is 0.304 e. The van der Waals surface area contributed by atoms with Crippen LogP contribution in [-0.2, 0) is 20.1 Å². The molecule has 2 nitrogen and oxygen atoms in total. The molecule has 0 aliphatic rings.